The maximum absolute atomic E-state index is 13.5. The number of allylic oxidation sites excluding steroid dienone is 4. The smallest absolute Gasteiger partial charge is 0.410 e. The van der Waals surface area contributed by atoms with Crippen LogP contribution in [0.1, 0.15) is 77.0 Å². The van der Waals surface area contributed by atoms with Crippen LogP contribution in [0.3, 0.4) is 0 Å². The van der Waals surface area contributed by atoms with E-state index in [1.165, 1.54) is 0 Å². The van der Waals surface area contributed by atoms with Gasteiger partial charge in [-0.2, -0.15) is 0 Å². The molecular weight excluding hydrogens is 540 g/mol. The van der Waals surface area contributed by atoms with Crippen LogP contribution in [0, 0.1) is 5.92 Å². The summed E-state index contributed by atoms with van der Waals surface area (Å²) in [6, 6.07) is 11.7. The zero-order valence-corrected chi connectivity index (χ0v) is 26.7. The molecule has 2 aromatic heterocycles. The molecule has 0 spiro atoms. The predicted octanol–water partition coefficient (Wildman–Crippen LogP) is 6.83. The molecule has 3 aromatic rings. The fourth-order valence-electron chi connectivity index (χ4n) is 5.20. The third-order valence-corrected chi connectivity index (χ3v) is 7.58. The number of piperazine rings is 1. The summed E-state index contributed by atoms with van der Waals surface area (Å²) in [5, 5.41) is 0. The number of aromatic nitrogens is 2. The lowest BCUT2D eigenvalue weighted by Gasteiger charge is -2.35. The molecule has 1 aromatic carbocycles. The summed E-state index contributed by atoms with van der Waals surface area (Å²) in [5.74, 6) is 0.272. The molecule has 1 aliphatic rings. The van der Waals surface area contributed by atoms with Crippen LogP contribution in [0.25, 0.3) is 22.5 Å². The molecule has 0 radical (unpaired) electrons. The Kier molecular flexibility index (Phi) is 9.58. The molecule has 0 atom stereocenters. The molecule has 0 unspecified atom stereocenters. The third kappa shape index (κ3) is 7.24. The molecule has 8 nitrogen and oxygen atoms in total. The summed E-state index contributed by atoms with van der Waals surface area (Å²) in [7, 11) is 0. The van der Waals surface area contributed by atoms with Gasteiger partial charge in [-0.25, -0.2) is 9.78 Å². The fraction of sp³-hybridized carbons (Fsp3) is 0.429. The second-order valence-corrected chi connectivity index (χ2v) is 12.4. The van der Waals surface area contributed by atoms with Crippen LogP contribution in [-0.2, 0) is 16.0 Å². The molecular formula is C35H44N4O4. The number of rotatable bonds is 7. The SMILES string of the molecule is CCc1c(-c2ccccc2C(/C=C\C(C)C)=C(\C)C(C)=O)nc2cc(C(=O)N3CCN(C(=O)OC(C)(C)C)CC3)ccn12. The zero-order chi connectivity index (χ0) is 31.5. The van der Waals surface area contributed by atoms with Gasteiger partial charge in [-0.3, -0.25) is 9.59 Å². The first-order valence-electron chi connectivity index (χ1n) is 15.1. The van der Waals surface area contributed by atoms with E-state index < -0.39 is 5.60 Å². The number of carbonyl (C=O) groups excluding carboxylic acids is 3. The number of nitrogens with zero attached hydrogens (tertiary/aromatic N) is 4. The van der Waals surface area contributed by atoms with Gasteiger partial charge >= 0.3 is 6.09 Å². The van der Waals surface area contributed by atoms with Crippen molar-refractivity contribution < 1.29 is 19.1 Å². The highest BCUT2D eigenvalue weighted by atomic mass is 16.6. The number of ether oxygens (including phenoxy) is 1. The quantitative estimate of drug-likeness (QED) is 0.225. The highest BCUT2D eigenvalue weighted by Crippen LogP contribution is 2.34. The van der Waals surface area contributed by atoms with Gasteiger partial charge in [0.1, 0.15) is 11.2 Å². The maximum atomic E-state index is 13.5. The average molecular weight is 585 g/mol. The summed E-state index contributed by atoms with van der Waals surface area (Å²) >= 11 is 0. The first kappa shape index (κ1) is 31.7. The number of aryl methyl sites for hydroxylation is 1. The molecule has 43 heavy (non-hydrogen) atoms. The molecule has 1 fully saturated rings. The number of pyridine rings is 1. The Hall–Kier alpha value is -4.20. The van der Waals surface area contributed by atoms with Crippen LogP contribution in [-0.4, -0.2) is 68.7 Å². The summed E-state index contributed by atoms with van der Waals surface area (Å²) in [5.41, 5.74) is 6.02. The topological polar surface area (TPSA) is 84.2 Å². The van der Waals surface area contributed by atoms with E-state index in [1.807, 2.05) is 80.8 Å². The lowest BCUT2D eigenvalue weighted by molar-refractivity contribution is -0.113. The molecule has 4 rings (SSSR count). The van der Waals surface area contributed by atoms with Crippen molar-refractivity contribution in [1.82, 2.24) is 19.2 Å². The number of hydrogen-bond donors (Lipinski definition) is 0. The number of imidazole rings is 1. The van der Waals surface area contributed by atoms with E-state index in [9.17, 15) is 14.4 Å². The van der Waals surface area contributed by atoms with Crippen LogP contribution in [0.4, 0.5) is 4.79 Å². The summed E-state index contributed by atoms with van der Waals surface area (Å²) in [4.78, 5) is 46.9. The molecule has 0 aliphatic carbocycles. The molecule has 1 saturated heterocycles. The van der Waals surface area contributed by atoms with Gasteiger partial charge in [0, 0.05) is 43.5 Å². The Morgan fingerprint density at radius 2 is 1.65 bits per heavy atom. The van der Waals surface area contributed by atoms with E-state index in [0.29, 0.717) is 48.9 Å². The minimum Gasteiger partial charge on any atom is -0.444 e. The van der Waals surface area contributed by atoms with Gasteiger partial charge < -0.3 is 18.9 Å². The van der Waals surface area contributed by atoms with E-state index in [4.69, 9.17) is 9.72 Å². The fourth-order valence-corrected chi connectivity index (χ4v) is 5.20. The average Bonchev–Trinajstić information content (AvgIpc) is 3.33. The third-order valence-electron chi connectivity index (χ3n) is 7.58. The highest BCUT2D eigenvalue weighted by Gasteiger charge is 2.28. The summed E-state index contributed by atoms with van der Waals surface area (Å²) < 4.78 is 7.52. The van der Waals surface area contributed by atoms with Crippen molar-refractivity contribution in [3.63, 3.8) is 0 Å². The molecule has 0 saturated carbocycles. The summed E-state index contributed by atoms with van der Waals surface area (Å²) in [6.45, 7) is 17.0. The Morgan fingerprint density at radius 1 is 1.00 bits per heavy atom. The van der Waals surface area contributed by atoms with Gasteiger partial charge in [0.05, 0.1) is 11.4 Å². The lowest BCUT2D eigenvalue weighted by Crippen LogP contribution is -2.51. The van der Waals surface area contributed by atoms with Gasteiger partial charge in [-0.15, -0.1) is 0 Å². The maximum Gasteiger partial charge on any atom is 0.410 e. The highest BCUT2D eigenvalue weighted by molar-refractivity contribution is 6.04. The number of hydrogen-bond acceptors (Lipinski definition) is 5. The van der Waals surface area contributed by atoms with Crippen molar-refractivity contribution in [2.75, 3.05) is 26.2 Å². The van der Waals surface area contributed by atoms with Crippen molar-refractivity contribution in [3.8, 4) is 11.3 Å². The largest absolute Gasteiger partial charge is 0.444 e. The Morgan fingerprint density at radius 3 is 2.26 bits per heavy atom. The molecule has 1 aliphatic heterocycles. The minimum atomic E-state index is -0.560. The second-order valence-electron chi connectivity index (χ2n) is 12.4. The Balaban J connectivity index is 1.67. The lowest BCUT2D eigenvalue weighted by atomic mass is 9.91. The van der Waals surface area contributed by atoms with Crippen LogP contribution in [0.2, 0.25) is 0 Å². The first-order chi connectivity index (χ1) is 20.3. The molecule has 0 bridgehead atoms. The Bertz CT molecular complexity index is 1580. The summed E-state index contributed by atoms with van der Waals surface area (Å²) in [6.07, 6.45) is 6.44. The monoisotopic (exact) mass is 584 g/mol. The predicted molar refractivity (Wildman–Crippen MR) is 171 cm³/mol. The Labute approximate surface area is 255 Å². The number of carbonyl (C=O) groups is 3. The van der Waals surface area contributed by atoms with Gasteiger partial charge in [0.15, 0.2) is 5.78 Å². The molecule has 3 heterocycles. The van der Waals surface area contributed by atoms with Gasteiger partial charge in [-0.05, 0) is 75.8 Å². The second kappa shape index (κ2) is 13.0. The number of ketones is 1. The van der Waals surface area contributed by atoms with Gasteiger partial charge in [0.2, 0.25) is 0 Å². The number of Topliss-reactive ketones (excluding diaryl/α,β-unsaturated/α-hetero) is 1. The van der Waals surface area contributed by atoms with Crippen LogP contribution < -0.4 is 0 Å². The van der Waals surface area contributed by atoms with E-state index in [0.717, 1.165) is 34.5 Å². The van der Waals surface area contributed by atoms with E-state index in [-0.39, 0.29) is 17.8 Å². The van der Waals surface area contributed by atoms with Crippen LogP contribution in [0.15, 0.2) is 60.3 Å². The van der Waals surface area contributed by atoms with E-state index in [1.54, 1.807) is 16.7 Å². The van der Waals surface area contributed by atoms with Gasteiger partial charge in [-0.1, -0.05) is 57.2 Å². The van der Waals surface area contributed by atoms with Crippen molar-refractivity contribution in [3.05, 3.63) is 77.1 Å². The number of amides is 2. The minimum absolute atomic E-state index is 0.0269. The van der Waals surface area contributed by atoms with Crippen molar-refractivity contribution in [2.24, 2.45) is 5.92 Å². The van der Waals surface area contributed by atoms with E-state index >= 15 is 0 Å². The molecule has 228 valence electrons. The molecule has 8 heteroatoms. The molecule has 0 N–H and O–H groups in total. The van der Waals surface area contributed by atoms with Crippen LogP contribution >= 0.6 is 0 Å². The number of benzene rings is 1. The van der Waals surface area contributed by atoms with Crippen LogP contribution in [0.5, 0.6) is 0 Å². The standard InChI is InChI=1S/C35H44N4O4/c1-9-30-32(29-13-11-10-12-28(29)27(15-14-23(2)3)24(4)25(5)40)36-31-22-26(16-17-39(30)31)33(41)37-18-20-38(21-19-37)34(42)43-35(6,7)8/h10-17,22-23H,9,18-21H2,1-8H3/b15-14-,27-24+. The van der Waals surface area contributed by atoms with Gasteiger partial charge in [0.25, 0.3) is 5.91 Å². The van der Waals surface area contributed by atoms with Crippen molar-refractivity contribution in [1.29, 1.82) is 0 Å². The number of fused-ring (bicyclic) bond motifs is 1. The zero-order valence-electron chi connectivity index (χ0n) is 26.7. The van der Waals surface area contributed by atoms with Crippen molar-refractivity contribution in [2.45, 2.75) is 67.4 Å². The normalized spacial score (nSPS) is 14.9. The van der Waals surface area contributed by atoms with Crippen molar-refractivity contribution >= 4 is 29.0 Å². The molecule has 2 amide bonds. The van der Waals surface area contributed by atoms with E-state index in [2.05, 4.69) is 26.8 Å². The first-order valence-corrected chi connectivity index (χ1v) is 15.1.